The molecule has 0 saturated carbocycles. The highest BCUT2D eigenvalue weighted by Gasteiger charge is 2.15. The lowest BCUT2D eigenvalue weighted by molar-refractivity contribution is 0.144. The zero-order chi connectivity index (χ0) is 17.2. The average molecular weight is 342 g/mol. The van der Waals surface area contributed by atoms with Gasteiger partial charge < -0.3 is 5.32 Å². The molecule has 0 aromatic carbocycles. The van der Waals surface area contributed by atoms with Crippen molar-refractivity contribution in [2.75, 3.05) is 13.1 Å². The van der Waals surface area contributed by atoms with Crippen molar-refractivity contribution < 1.29 is 8.78 Å². The van der Waals surface area contributed by atoms with Gasteiger partial charge in [0.05, 0.1) is 17.6 Å². The van der Waals surface area contributed by atoms with Crippen LogP contribution in [0.4, 0.5) is 8.78 Å². The van der Waals surface area contributed by atoms with Gasteiger partial charge in [-0.05, 0) is 49.7 Å². The van der Waals surface area contributed by atoms with Crippen LogP contribution in [0, 0.1) is 0 Å². The van der Waals surface area contributed by atoms with Crippen LogP contribution in [0.15, 0.2) is 36.8 Å². The number of alkyl halides is 2. The summed E-state index contributed by atoms with van der Waals surface area (Å²) in [6.07, 6.45) is 4.45. The molecule has 0 bridgehead atoms. The highest BCUT2D eigenvalue weighted by Crippen LogP contribution is 2.24. The van der Waals surface area contributed by atoms with E-state index in [-0.39, 0.29) is 5.69 Å². The van der Waals surface area contributed by atoms with Crippen molar-refractivity contribution in [1.29, 1.82) is 0 Å². The molecule has 6 nitrogen and oxygen atoms in total. The van der Waals surface area contributed by atoms with Crippen LogP contribution in [0.1, 0.15) is 30.7 Å². The first kappa shape index (κ1) is 15.8. The number of rotatable bonds is 3. The van der Waals surface area contributed by atoms with E-state index in [9.17, 15) is 8.78 Å². The van der Waals surface area contributed by atoms with Crippen LogP contribution >= 0.6 is 0 Å². The molecule has 1 aliphatic heterocycles. The molecule has 0 atom stereocenters. The van der Waals surface area contributed by atoms with Crippen molar-refractivity contribution in [1.82, 2.24) is 29.9 Å². The van der Waals surface area contributed by atoms with Gasteiger partial charge in [0, 0.05) is 0 Å². The SMILES string of the molecule is FC(F)c1ccc2ncc(-c3cc(C4=CCCNCC4)ncn3)n2n1. The summed E-state index contributed by atoms with van der Waals surface area (Å²) in [6, 6.07) is 4.67. The zero-order valence-electron chi connectivity index (χ0n) is 13.4. The molecule has 0 spiro atoms. The summed E-state index contributed by atoms with van der Waals surface area (Å²) in [5.74, 6) is 0. The summed E-state index contributed by atoms with van der Waals surface area (Å²) in [6.45, 7) is 1.86. The third-order valence-electron chi connectivity index (χ3n) is 4.15. The van der Waals surface area contributed by atoms with Gasteiger partial charge in [0.1, 0.15) is 17.7 Å². The van der Waals surface area contributed by atoms with E-state index in [1.54, 1.807) is 6.20 Å². The number of nitrogens with one attached hydrogen (secondary N) is 1. The Morgan fingerprint density at radius 1 is 1.08 bits per heavy atom. The molecule has 0 aliphatic carbocycles. The minimum Gasteiger partial charge on any atom is -0.316 e. The zero-order valence-corrected chi connectivity index (χ0v) is 13.4. The van der Waals surface area contributed by atoms with E-state index in [0.717, 1.165) is 37.2 Å². The minimum absolute atomic E-state index is 0.293. The summed E-state index contributed by atoms with van der Waals surface area (Å²) in [5, 5.41) is 7.33. The van der Waals surface area contributed by atoms with Gasteiger partial charge in [0.15, 0.2) is 5.65 Å². The van der Waals surface area contributed by atoms with Crippen molar-refractivity contribution in [3.63, 3.8) is 0 Å². The van der Waals surface area contributed by atoms with Crippen LogP contribution in [0.5, 0.6) is 0 Å². The highest BCUT2D eigenvalue weighted by atomic mass is 19.3. The fourth-order valence-electron chi connectivity index (χ4n) is 2.88. The number of nitrogens with zero attached hydrogens (tertiary/aromatic N) is 5. The molecule has 0 saturated heterocycles. The second-order valence-electron chi connectivity index (χ2n) is 5.78. The van der Waals surface area contributed by atoms with Gasteiger partial charge in [0.2, 0.25) is 0 Å². The molecule has 25 heavy (non-hydrogen) atoms. The van der Waals surface area contributed by atoms with Crippen molar-refractivity contribution in [3.05, 3.63) is 48.2 Å². The van der Waals surface area contributed by atoms with Crippen molar-refractivity contribution in [2.45, 2.75) is 19.3 Å². The maximum atomic E-state index is 12.9. The summed E-state index contributed by atoms with van der Waals surface area (Å²) < 4.78 is 27.3. The molecule has 0 unspecified atom stereocenters. The van der Waals surface area contributed by atoms with Crippen molar-refractivity contribution in [2.24, 2.45) is 0 Å². The van der Waals surface area contributed by atoms with Gasteiger partial charge in [-0.25, -0.2) is 28.2 Å². The maximum Gasteiger partial charge on any atom is 0.282 e. The quantitative estimate of drug-likeness (QED) is 0.793. The summed E-state index contributed by atoms with van der Waals surface area (Å²) in [4.78, 5) is 12.9. The van der Waals surface area contributed by atoms with E-state index in [1.807, 2.05) is 6.07 Å². The number of hydrogen-bond acceptors (Lipinski definition) is 5. The Kier molecular flexibility index (Phi) is 4.19. The molecule has 4 rings (SSSR count). The van der Waals surface area contributed by atoms with Crippen LogP contribution in [0.2, 0.25) is 0 Å². The number of halogens is 2. The molecular formula is C17H16F2N6. The van der Waals surface area contributed by atoms with E-state index >= 15 is 0 Å². The predicted octanol–water partition coefficient (Wildman–Crippen LogP) is 2.89. The molecular weight excluding hydrogens is 326 g/mol. The number of imidazole rings is 1. The first-order valence-corrected chi connectivity index (χ1v) is 8.08. The normalized spacial score (nSPS) is 15.4. The Morgan fingerprint density at radius 3 is 2.84 bits per heavy atom. The van der Waals surface area contributed by atoms with E-state index in [4.69, 9.17) is 0 Å². The van der Waals surface area contributed by atoms with Crippen LogP contribution in [-0.2, 0) is 0 Å². The lowest BCUT2D eigenvalue weighted by Crippen LogP contribution is -2.13. The smallest absolute Gasteiger partial charge is 0.282 e. The van der Waals surface area contributed by atoms with Crippen LogP contribution < -0.4 is 5.32 Å². The second kappa shape index (κ2) is 6.64. The third kappa shape index (κ3) is 3.12. The van der Waals surface area contributed by atoms with Gasteiger partial charge in [-0.15, -0.1) is 0 Å². The monoisotopic (exact) mass is 342 g/mol. The Labute approximate surface area is 142 Å². The standard InChI is InChI=1S/C17H16F2N6/c18-17(19)12-3-4-16-21-9-15(25(16)24-12)14-8-13(22-10-23-14)11-2-1-6-20-7-5-11/h2-4,8-10,17,20H,1,5-7H2. The van der Waals surface area contributed by atoms with Crippen LogP contribution in [0.3, 0.4) is 0 Å². The molecule has 4 heterocycles. The van der Waals surface area contributed by atoms with Crippen molar-refractivity contribution >= 4 is 11.2 Å². The molecule has 0 radical (unpaired) electrons. The van der Waals surface area contributed by atoms with Gasteiger partial charge in [-0.2, -0.15) is 5.10 Å². The first-order valence-electron chi connectivity index (χ1n) is 8.08. The molecule has 3 aromatic rings. The van der Waals surface area contributed by atoms with Gasteiger partial charge in [0.25, 0.3) is 6.43 Å². The Morgan fingerprint density at radius 2 is 1.96 bits per heavy atom. The molecule has 1 aliphatic rings. The minimum atomic E-state index is -2.63. The van der Waals surface area contributed by atoms with Gasteiger partial charge in [-0.3, -0.25) is 0 Å². The lowest BCUT2D eigenvalue weighted by Gasteiger charge is -2.07. The van der Waals surface area contributed by atoms with Crippen LogP contribution in [0.25, 0.3) is 22.6 Å². The average Bonchev–Trinajstić information content (AvgIpc) is 2.86. The maximum absolute atomic E-state index is 12.9. The van der Waals surface area contributed by atoms with E-state index in [1.165, 1.54) is 23.0 Å². The van der Waals surface area contributed by atoms with Gasteiger partial charge in [-0.1, -0.05) is 6.08 Å². The first-order chi connectivity index (χ1) is 12.2. The molecule has 8 heteroatoms. The molecule has 0 amide bonds. The second-order valence-corrected chi connectivity index (χ2v) is 5.78. The lowest BCUT2D eigenvalue weighted by atomic mass is 10.1. The Balaban J connectivity index is 1.77. The van der Waals surface area contributed by atoms with E-state index in [2.05, 4.69) is 31.4 Å². The summed E-state index contributed by atoms with van der Waals surface area (Å²) >= 11 is 0. The highest BCUT2D eigenvalue weighted by molar-refractivity contribution is 5.68. The fourth-order valence-corrected chi connectivity index (χ4v) is 2.88. The van der Waals surface area contributed by atoms with E-state index in [0.29, 0.717) is 17.0 Å². The molecule has 1 N–H and O–H groups in total. The number of aromatic nitrogens is 5. The van der Waals surface area contributed by atoms with Crippen molar-refractivity contribution in [3.8, 4) is 11.4 Å². The van der Waals surface area contributed by atoms with Crippen LogP contribution in [-0.4, -0.2) is 37.7 Å². The molecule has 3 aromatic heterocycles. The Hall–Kier alpha value is -2.74. The topological polar surface area (TPSA) is 68.0 Å². The summed E-state index contributed by atoms with van der Waals surface area (Å²) in [5.41, 5.74) is 3.37. The molecule has 0 fully saturated rings. The number of fused-ring (bicyclic) bond motifs is 1. The number of hydrogen-bond donors (Lipinski definition) is 1. The predicted molar refractivity (Wildman–Crippen MR) is 89.1 cm³/mol. The summed E-state index contributed by atoms with van der Waals surface area (Å²) in [7, 11) is 0. The largest absolute Gasteiger partial charge is 0.316 e. The van der Waals surface area contributed by atoms with Gasteiger partial charge >= 0.3 is 0 Å². The fraction of sp³-hybridized carbons (Fsp3) is 0.294. The Bertz CT molecular complexity index is 934. The molecule has 128 valence electrons. The van der Waals surface area contributed by atoms with E-state index < -0.39 is 6.43 Å². The third-order valence-corrected chi connectivity index (χ3v) is 4.15.